The van der Waals surface area contributed by atoms with Crippen LogP contribution in [-0.4, -0.2) is 34.6 Å². The number of hydrogen-bond acceptors (Lipinski definition) is 7. The predicted octanol–water partition coefficient (Wildman–Crippen LogP) is 1.49. The molecule has 0 radical (unpaired) electrons. The van der Waals surface area contributed by atoms with Crippen molar-refractivity contribution in [1.29, 1.82) is 0 Å². The van der Waals surface area contributed by atoms with E-state index >= 15 is 0 Å². The zero-order valence-electron chi connectivity index (χ0n) is 10.9. The molecule has 21 heavy (non-hydrogen) atoms. The minimum atomic E-state index is -3.37. The van der Waals surface area contributed by atoms with E-state index in [0.29, 0.717) is 21.1 Å². The van der Waals surface area contributed by atoms with E-state index in [1.807, 2.05) is 0 Å². The molecule has 2 aromatic heterocycles. The number of fused-ring (bicyclic) bond motifs is 1. The number of imidazole rings is 1. The Morgan fingerprint density at radius 2 is 2.05 bits per heavy atom. The van der Waals surface area contributed by atoms with E-state index in [4.69, 9.17) is 5.73 Å². The van der Waals surface area contributed by atoms with Crippen molar-refractivity contribution in [2.75, 3.05) is 12.0 Å². The number of anilines is 1. The van der Waals surface area contributed by atoms with Crippen molar-refractivity contribution in [3.05, 3.63) is 30.9 Å². The number of nitrogens with two attached hydrogens (primary N) is 1. The number of hydrogen-bond donors (Lipinski definition) is 2. The highest BCUT2D eigenvalue weighted by Crippen LogP contribution is 2.36. The fraction of sp³-hybridized carbons (Fsp3) is 0.0833. The lowest BCUT2D eigenvalue weighted by Gasteiger charge is -2.09. The molecule has 0 aliphatic heterocycles. The van der Waals surface area contributed by atoms with E-state index in [1.165, 1.54) is 30.5 Å². The van der Waals surface area contributed by atoms with Crippen LogP contribution in [0.25, 0.3) is 11.2 Å². The van der Waals surface area contributed by atoms with Gasteiger partial charge >= 0.3 is 0 Å². The molecule has 3 aromatic rings. The van der Waals surface area contributed by atoms with Crippen LogP contribution in [0.2, 0.25) is 0 Å². The van der Waals surface area contributed by atoms with Gasteiger partial charge < -0.3 is 10.7 Å². The van der Waals surface area contributed by atoms with Gasteiger partial charge in [0.2, 0.25) is 0 Å². The molecule has 0 spiro atoms. The van der Waals surface area contributed by atoms with E-state index in [0.717, 1.165) is 6.26 Å². The number of nitrogen functional groups attached to an aromatic ring is 1. The van der Waals surface area contributed by atoms with Gasteiger partial charge in [0.25, 0.3) is 0 Å². The molecule has 7 nitrogen and oxygen atoms in total. The Labute approximate surface area is 124 Å². The number of aromatic amines is 1. The maximum absolute atomic E-state index is 11.7. The van der Waals surface area contributed by atoms with Gasteiger partial charge in [-0.05, 0) is 12.1 Å². The largest absolute Gasteiger partial charge is 0.397 e. The second kappa shape index (κ2) is 5.01. The van der Waals surface area contributed by atoms with Crippen LogP contribution >= 0.6 is 11.8 Å². The molecule has 2 heterocycles. The van der Waals surface area contributed by atoms with Crippen molar-refractivity contribution in [3.63, 3.8) is 0 Å². The molecule has 0 aliphatic carbocycles. The monoisotopic (exact) mass is 321 g/mol. The molecule has 3 rings (SSSR count). The third kappa shape index (κ3) is 2.57. The predicted molar refractivity (Wildman–Crippen MR) is 79.8 cm³/mol. The second-order valence-corrected chi connectivity index (χ2v) is 7.34. The molecule has 0 saturated heterocycles. The molecule has 0 atom stereocenters. The highest BCUT2D eigenvalue weighted by Gasteiger charge is 2.16. The van der Waals surface area contributed by atoms with Gasteiger partial charge in [-0.3, -0.25) is 0 Å². The first-order valence-electron chi connectivity index (χ1n) is 5.87. The molecule has 0 amide bonds. The maximum atomic E-state index is 11.7. The molecular weight excluding hydrogens is 310 g/mol. The smallest absolute Gasteiger partial charge is 0.181 e. The summed E-state index contributed by atoms with van der Waals surface area (Å²) in [6.07, 6.45) is 4.06. The van der Waals surface area contributed by atoms with Gasteiger partial charge in [0.15, 0.2) is 15.5 Å². The van der Waals surface area contributed by atoms with Gasteiger partial charge in [-0.15, -0.1) is 0 Å². The maximum Gasteiger partial charge on any atom is 0.181 e. The minimum Gasteiger partial charge on any atom is -0.397 e. The molecule has 3 N–H and O–H groups in total. The summed E-state index contributed by atoms with van der Waals surface area (Å²) >= 11 is 1.27. The fourth-order valence-electron chi connectivity index (χ4n) is 1.86. The van der Waals surface area contributed by atoms with Crippen LogP contribution < -0.4 is 5.73 Å². The van der Waals surface area contributed by atoms with Crippen LogP contribution in [-0.2, 0) is 9.84 Å². The van der Waals surface area contributed by atoms with E-state index < -0.39 is 9.84 Å². The lowest BCUT2D eigenvalue weighted by molar-refractivity contribution is 0.602. The first kappa shape index (κ1) is 13.8. The summed E-state index contributed by atoms with van der Waals surface area (Å²) in [5.74, 6) is 0. The van der Waals surface area contributed by atoms with Gasteiger partial charge in [-0.1, -0.05) is 17.8 Å². The standard InChI is InChI=1S/C12H11N5O2S2/c1-21(18,19)8-4-2-3-7(9(8)13)20-12-10-11(15-5-14-10)16-6-17-12/h2-6H,13H2,1H3,(H,14,15,16,17). The Morgan fingerprint density at radius 1 is 1.24 bits per heavy atom. The molecule has 0 unspecified atom stereocenters. The van der Waals surface area contributed by atoms with E-state index in [2.05, 4.69) is 19.9 Å². The van der Waals surface area contributed by atoms with Gasteiger partial charge in [-0.25, -0.2) is 23.4 Å². The fourth-order valence-corrected chi connectivity index (χ4v) is 3.69. The summed E-state index contributed by atoms with van der Waals surface area (Å²) in [4.78, 5) is 16.0. The molecule has 0 fully saturated rings. The zero-order chi connectivity index (χ0) is 15.0. The second-order valence-electron chi connectivity index (χ2n) is 4.32. The number of H-pyrrole nitrogens is 1. The average Bonchev–Trinajstić information content (AvgIpc) is 2.89. The summed E-state index contributed by atoms with van der Waals surface area (Å²) in [5, 5.41) is 0.634. The molecule has 0 saturated carbocycles. The summed E-state index contributed by atoms with van der Waals surface area (Å²) in [6, 6.07) is 4.89. The highest BCUT2D eigenvalue weighted by molar-refractivity contribution is 7.99. The van der Waals surface area contributed by atoms with Crippen LogP contribution in [0.4, 0.5) is 5.69 Å². The van der Waals surface area contributed by atoms with Crippen molar-refractivity contribution >= 4 is 38.5 Å². The summed E-state index contributed by atoms with van der Waals surface area (Å²) < 4.78 is 23.4. The Bertz CT molecular complexity index is 920. The summed E-state index contributed by atoms with van der Waals surface area (Å²) in [5.41, 5.74) is 7.42. The Hall–Kier alpha value is -2.13. The van der Waals surface area contributed by atoms with Crippen LogP contribution in [0.5, 0.6) is 0 Å². The molecule has 0 aliphatic rings. The lowest BCUT2D eigenvalue weighted by Crippen LogP contribution is -2.03. The zero-order valence-corrected chi connectivity index (χ0v) is 12.6. The first-order chi connectivity index (χ1) is 9.97. The molecule has 1 aromatic carbocycles. The number of nitrogens with zero attached hydrogens (tertiary/aromatic N) is 3. The van der Waals surface area contributed by atoms with E-state index in [-0.39, 0.29) is 10.6 Å². The van der Waals surface area contributed by atoms with Crippen LogP contribution in [0, 0.1) is 0 Å². The van der Waals surface area contributed by atoms with Crippen molar-refractivity contribution in [3.8, 4) is 0 Å². The van der Waals surface area contributed by atoms with Gasteiger partial charge in [0.05, 0.1) is 16.9 Å². The summed E-state index contributed by atoms with van der Waals surface area (Å²) in [6.45, 7) is 0. The number of sulfone groups is 1. The van der Waals surface area contributed by atoms with Crippen molar-refractivity contribution < 1.29 is 8.42 Å². The normalized spacial score (nSPS) is 11.9. The summed E-state index contributed by atoms with van der Waals surface area (Å²) in [7, 11) is -3.37. The lowest BCUT2D eigenvalue weighted by atomic mass is 10.3. The third-order valence-corrected chi connectivity index (χ3v) is 5.05. The minimum absolute atomic E-state index is 0.113. The van der Waals surface area contributed by atoms with Crippen molar-refractivity contribution in [2.24, 2.45) is 0 Å². The van der Waals surface area contributed by atoms with E-state index in [9.17, 15) is 8.42 Å². The SMILES string of the molecule is CS(=O)(=O)c1cccc(Sc2ncnc3nc[nH]c23)c1N. The first-order valence-corrected chi connectivity index (χ1v) is 8.58. The number of nitrogens with one attached hydrogen (secondary N) is 1. The van der Waals surface area contributed by atoms with Crippen LogP contribution in [0.1, 0.15) is 0 Å². The van der Waals surface area contributed by atoms with Crippen LogP contribution in [0.15, 0.2) is 45.7 Å². The Balaban J connectivity index is 2.09. The topological polar surface area (TPSA) is 115 Å². The van der Waals surface area contributed by atoms with Gasteiger partial charge in [-0.2, -0.15) is 0 Å². The Morgan fingerprint density at radius 3 is 2.81 bits per heavy atom. The average molecular weight is 321 g/mol. The third-order valence-electron chi connectivity index (χ3n) is 2.82. The molecule has 9 heteroatoms. The van der Waals surface area contributed by atoms with Gasteiger partial charge in [0.1, 0.15) is 16.9 Å². The number of benzene rings is 1. The number of aromatic nitrogens is 4. The number of rotatable bonds is 3. The van der Waals surface area contributed by atoms with Crippen molar-refractivity contribution in [2.45, 2.75) is 14.8 Å². The molecule has 0 bridgehead atoms. The molecule has 108 valence electrons. The highest BCUT2D eigenvalue weighted by atomic mass is 32.2. The molecular formula is C12H11N5O2S2. The van der Waals surface area contributed by atoms with Crippen molar-refractivity contribution in [1.82, 2.24) is 19.9 Å². The van der Waals surface area contributed by atoms with Gasteiger partial charge in [0, 0.05) is 11.2 Å². The van der Waals surface area contributed by atoms with Crippen LogP contribution in [0.3, 0.4) is 0 Å². The quantitative estimate of drug-likeness (QED) is 0.554. The Kier molecular flexibility index (Phi) is 3.30. The van der Waals surface area contributed by atoms with E-state index in [1.54, 1.807) is 12.1 Å². The number of para-hydroxylation sites is 1.